The maximum atomic E-state index is 11.2. The maximum Gasteiger partial charge on any atom is 0.312 e. The van der Waals surface area contributed by atoms with Crippen molar-refractivity contribution in [1.82, 2.24) is 0 Å². The fourth-order valence-electron chi connectivity index (χ4n) is 0.918. The van der Waals surface area contributed by atoms with Crippen molar-refractivity contribution in [2.24, 2.45) is 5.92 Å². The Hall–Kier alpha value is -1.32. The van der Waals surface area contributed by atoms with E-state index in [4.69, 9.17) is 9.84 Å². The molecule has 0 saturated carbocycles. The summed E-state index contributed by atoms with van der Waals surface area (Å²) >= 11 is 0. The van der Waals surface area contributed by atoms with Crippen LogP contribution in [0.25, 0.3) is 0 Å². The molecular formula is C10H16O4. The maximum absolute atomic E-state index is 11.2. The van der Waals surface area contributed by atoms with Crippen molar-refractivity contribution in [3.8, 4) is 0 Å². The fourth-order valence-corrected chi connectivity index (χ4v) is 0.918. The monoisotopic (exact) mass is 200 g/mol. The van der Waals surface area contributed by atoms with Gasteiger partial charge in [-0.2, -0.15) is 0 Å². The van der Waals surface area contributed by atoms with Crippen LogP contribution in [0.3, 0.4) is 0 Å². The van der Waals surface area contributed by atoms with Crippen LogP contribution in [0.2, 0.25) is 0 Å². The standard InChI is InChI=1S/C10H16O4/c1-4-14-10(13)8(3)7(2)5-6-9(11)12/h8H,2,4-6H2,1,3H3,(H,11,12). The molecule has 4 nitrogen and oxygen atoms in total. The SMILES string of the molecule is C=C(CCC(=O)O)C(C)C(=O)OCC. The first-order valence-corrected chi connectivity index (χ1v) is 4.55. The molecule has 80 valence electrons. The molecule has 0 rings (SSSR count). The molecule has 1 N–H and O–H groups in total. The number of carbonyl (C=O) groups is 2. The summed E-state index contributed by atoms with van der Waals surface area (Å²) in [6.07, 6.45) is 0.317. The number of ether oxygens (including phenoxy) is 1. The van der Waals surface area contributed by atoms with Gasteiger partial charge in [0.15, 0.2) is 0 Å². The molecule has 4 heteroatoms. The number of aliphatic carboxylic acids is 1. The Balaban J connectivity index is 3.98. The van der Waals surface area contributed by atoms with E-state index in [9.17, 15) is 9.59 Å². The predicted octanol–water partition coefficient (Wildman–Crippen LogP) is 1.61. The van der Waals surface area contributed by atoms with Gasteiger partial charge < -0.3 is 9.84 Å². The summed E-state index contributed by atoms with van der Waals surface area (Å²) in [5, 5.41) is 8.43. The van der Waals surface area contributed by atoms with Gasteiger partial charge in [-0.1, -0.05) is 12.2 Å². The van der Waals surface area contributed by atoms with Crippen LogP contribution in [0.1, 0.15) is 26.7 Å². The Morgan fingerprint density at radius 1 is 1.43 bits per heavy atom. The van der Waals surface area contributed by atoms with Crippen LogP contribution in [0.15, 0.2) is 12.2 Å². The average Bonchev–Trinajstić information content (AvgIpc) is 2.13. The fraction of sp³-hybridized carbons (Fsp3) is 0.600. The first-order chi connectivity index (χ1) is 6.49. The Morgan fingerprint density at radius 3 is 2.43 bits per heavy atom. The van der Waals surface area contributed by atoms with Crippen LogP contribution in [-0.2, 0) is 14.3 Å². The largest absolute Gasteiger partial charge is 0.481 e. The number of esters is 1. The van der Waals surface area contributed by atoms with E-state index in [1.54, 1.807) is 13.8 Å². The quantitative estimate of drug-likeness (QED) is 0.522. The first kappa shape index (κ1) is 12.7. The highest BCUT2D eigenvalue weighted by Crippen LogP contribution is 2.15. The van der Waals surface area contributed by atoms with Crippen LogP contribution in [0.5, 0.6) is 0 Å². The number of carbonyl (C=O) groups excluding carboxylic acids is 1. The van der Waals surface area contributed by atoms with E-state index in [0.717, 1.165) is 0 Å². The van der Waals surface area contributed by atoms with Crippen LogP contribution in [0.4, 0.5) is 0 Å². The molecule has 0 bridgehead atoms. The Labute approximate surface area is 83.6 Å². The molecule has 0 aliphatic carbocycles. The van der Waals surface area contributed by atoms with Crippen molar-refractivity contribution in [1.29, 1.82) is 0 Å². The van der Waals surface area contributed by atoms with Crippen LogP contribution >= 0.6 is 0 Å². The van der Waals surface area contributed by atoms with Gasteiger partial charge in [-0.3, -0.25) is 9.59 Å². The third-order valence-electron chi connectivity index (χ3n) is 1.91. The lowest BCUT2D eigenvalue weighted by Gasteiger charge is -2.12. The highest BCUT2D eigenvalue weighted by atomic mass is 16.5. The number of hydrogen-bond acceptors (Lipinski definition) is 3. The van der Waals surface area contributed by atoms with Crippen molar-refractivity contribution >= 4 is 11.9 Å². The lowest BCUT2D eigenvalue weighted by Crippen LogP contribution is -2.16. The molecule has 0 aliphatic heterocycles. The van der Waals surface area contributed by atoms with Crippen LogP contribution < -0.4 is 0 Å². The minimum atomic E-state index is -0.887. The first-order valence-electron chi connectivity index (χ1n) is 4.55. The molecule has 0 spiro atoms. The van der Waals surface area contributed by atoms with Gasteiger partial charge in [-0.15, -0.1) is 0 Å². The van der Waals surface area contributed by atoms with Gasteiger partial charge in [0.25, 0.3) is 0 Å². The second-order valence-corrected chi connectivity index (χ2v) is 3.03. The third kappa shape index (κ3) is 4.64. The van der Waals surface area contributed by atoms with E-state index in [0.29, 0.717) is 18.6 Å². The zero-order valence-corrected chi connectivity index (χ0v) is 8.58. The van der Waals surface area contributed by atoms with Crippen molar-refractivity contribution < 1.29 is 19.4 Å². The summed E-state index contributed by atoms with van der Waals surface area (Å²) < 4.78 is 4.78. The second kappa shape index (κ2) is 6.18. The van der Waals surface area contributed by atoms with Crippen molar-refractivity contribution in [2.75, 3.05) is 6.61 Å². The zero-order chi connectivity index (χ0) is 11.1. The highest BCUT2D eigenvalue weighted by Gasteiger charge is 2.17. The van der Waals surface area contributed by atoms with E-state index in [-0.39, 0.29) is 12.4 Å². The van der Waals surface area contributed by atoms with Crippen molar-refractivity contribution in [3.63, 3.8) is 0 Å². The van der Waals surface area contributed by atoms with Gasteiger partial charge in [-0.25, -0.2) is 0 Å². The number of hydrogen-bond donors (Lipinski definition) is 1. The summed E-state index contributed by atoms with van der Waals surface area (Å²) in [6, 6.07) is 0. The lowest BCUT2D eigenvalue weighted by molar-refractivity contribution is -0.146. The summed E-state index contributed by atoms with van der Waals surface area (Å²) in [7, 11) is 0. The van der Waals surface area contributed by atoms with E-state index < -0.39 is 11.9 Å². The molecule has 0 heterocycles. The molecule has 0 saturated heterocycles. The summed E-state index contributed by atoms with van der Waals surface area (Å²) in [4.78, 5) is 21.5. The molecular weight excluding hydrogens is 184 g/mol. The van der Waals surface area contributed by atoms with E-state index >= 15 is 0 Å². The molecule has 0 aromatic carbocycles. The smallest absolute Gasteiger partial charge is 0.312 e. The van der Waals surface area contributed by atoms with Crippen molar-refractivity contribution in [2.45, 2.75) is 26.7 Å². The van der Waals surface area contributed by atoms with Crippen molar-refractivity contribution in [3.05, 3.63) is 12.2 Å². The third-order valence-corrected chi connectivity index (χ3v) is 1.91. The number of carboxylic acids is 1. The van der Waals surface area contributed by atoms with Crippen LogP contribution in [0, 0.1) is 5.92 Å². The molecule has 0 radical (unpaired) electrons. The molecule has 14 heavy (non-hydrogen) atoms. The second-order valence-electron chi connectivity index (χ2n) is 3.03. The van der Waals surface area contributed by atoms with Crippen LogP contribution in [-0.4, -0.2) is 23.7 Å². The van der Waals surface area contributed by atoms with Gasteiger partial charge in [0.1, 0.15) is 0 Å². The zero-order valence-electron chi connectivity index (χ0n) is 8.58. The number of carboxylic acid groups (broad SMARTS) is 1. The number of rotatable bonds is 6. The topological polar surface area (TPSA) is 63.6 Å². The van der Waals surface area contributed by atoms with Gasteiger partial charge >= 0.3 is 11.9 Å². The lowest BCUT2D eigenvalue weighted by atomic mass is 9.99. The van der Waals surface area contributed by atoms with Gasteiger partial charge in [0.2, 0.25) is 0 Å². The van der Waals surface area contributed by atoms with Gasteiger partial charge in [0, 0.05) is 6.42 Å². The minimum Gasteiger partial charge on any atom is -0.481 e. The van der Waals surface area contributed by atoms with Gasteiger partial charge in [-0.05, 0) is 20.3 Å². The molecule has 0 aromatic heterocycles. The summed E-state index contributed by atoms with van der Waals surface area (Å²) in [6.45, 7) is 7.39. The molecule has 1 unspecified atom stereocenters. The normalized spacial score (nSPS) is 11.9. The Kier molecular flexibility index (Phi) is 5.60. The highest BCUT2D eigenvalue weighted by molar-refractivity contribution is 5.75. The minimum absolute atomic E-state index is 0.00256. The summed E-state index contributed by atoms with van der Waals surface area (Å²) in [5.41, 5.74) is 0.603. The molecule has 0 amide bonds. The predicted molar refractivity (Wildman–Crippen MR) is 51.8 cm³/mol. The van der Waals surface area contributed by atoms with E-state index in [2.05, 4.69) is 6.58 Å². The van der Waals surface area contributed by atoms with Gasteiger partial charge in [0.05, 0.1) is 12.5 Å². The summed E-state index contributed by atoms with van der Waals surface area (Å²) in [5.74, 6) is -1.65. The molecule has 0 aliphatic rings. The Morgan fingerprint density at radius 2 is 2.00 bits per heavy atom. The van der Waals surface area contributed by atoms with E-state index in [1.807, 2.05) is 0 Å². The molecule has 0 aromatic rings. The average molecular weight is 200 g/mol. The molecule has 0 fully saturated rings. The molecule has 1 atom stereocenters. The Bertz CT molecular complexity index is 232. The van der Waals surface area contributed by atoms with E-state index in [1.165, 1.54) is 0 Å².